The number of carbonyl (C=O) groups is 2. The van der Waals surface area contributed by atoms with E-state index in [0.29, 0.717) is 33.3 Å². The average molecular weight is 541 g/mol. The number of thiophene rings is 1. The number of aromatic nitrogens is 2. The van der Waals surface area contributed by atoms with Gasteiger partial charge in [-0.25, -0.2) is 4.79 Å². The molecule has 0 fully saturated rings. The molecule has 0 atom stereocenters. The molecule has 192 valence electrons. The van der Waals surface area contributed by atoms with Crippen LogP contribution in [-0.4, -0.2) is 27.6 Å². The zero-order chi connectivity index (χ0) is 26.4. The van der Waals surface area contributed by atoms with E-state index in [1.165, 1.54) is 15.9 Å². The molecule has 2 aromatic carbocycles. The number of anilines is 1. The SMILES string of the molecule is CCOc1ccc(NC(=O)Cn2c(=O)n(CCC(=O)NCc3ccccc3Cl)c(=O)c3sccc32)cc1. The maximum Gasteiger partial charge on any atom is 0.332 e. The summed E-state index contributed by atoms with van der Waals surface area (Å²) in [6.07, 6.45) is -0.0884. The fraction of sp³-hybridized carbons (Fsp3) is 0.231. The van der Waals surface area contributed by atoms with Crippen LogP contribution in [0.3, 0.4) is 0 Å². The molecule has 0 bridgehead atoms. The van der Waals surface area contributed by atoms with Gasteiger partial charge in [0.2, 0.25) is 11.8 Å². The lowest BCUT2D eigenvalue weighted by molar-refractivity contribution is -0.121. The molecule has 2 heterocycles. The summed E-state index contributed by atoms with van der Waals surface area (Å²) in [5, 5.41) is 7.72. The van der Waals surface area contributed by atoms with Crippen LogP contribution in [-0.2, 0) is 29.2 Å². The van der Waals surface area contributed by atoms with Crippen molar-refractivity contribution in [3.63, 3.8) is 0 Å². The number of carbonyl (C=O) groups excluding carboxylic acids is 2. The van der Waals surface area contributed by atoms with E-state index in [2.05, 4.69) is 10.6 Å². The summed E-state index contributed by atoms with van der Waals surface area (Å²) in [5.41, 5.74) is 0.539. The number of hydrogen-bond donors (Lipinski definition) is 2. The standard InChI is InChI=1S/C26H25ClN4O5S/c1-2-36-19-9-7-18(8-10-19)29-23(33)16-31-21-12-14-37-24(21)25(34)30(26(31)35)13-11-22(32)28-15-17-5-3-4-6-20(17)27/h3-10,12,14H,2,11,13,15-16H2,1H3,(H,28,32)(H,29,33). The van der Waals surface area contributed by atoms with Crippen molar-refractivity contribution < 1.29 is 14.3 Å². The molecule has 0 saturated heterocycles. The summed E-state index contributed by atoms with van der Waals surface area (Å²) < 4.78 is 7.98. The maximum atomic E-state index is 13.2. The van der Waals surface area contributed by atoms with Crippen LogP contribution in [0, 0.1) is 0 Å². The second-order valence-corrected chi connectivity index (χ2v) is 9.41. The number of nitrogens with zero attached hydrogens (tertiary/aromatic N) is 2. The van der Waals surface area contributed by atoms with Gasteiger partial charge in [0.15, 0.2) is 0 Å². The van der Waals surface area contributed by atoms with Crippen LogP contribution >= 0.6 is 22.9 Å². The highest BCUT2D eigenvalue weighted by Gasteiger charge is 2.17. The van der Waals surface area contributed by atoms with Crippen molar-refractivity contribution in [1.29, 1.82) is 0 Å². The van der Waals surface area contributed by atoms with Crippen molar-refractivity contribution in [3.05, 3.63) is 91.4 Å². The van der Waals surface area contributed by atoms with E-state index in [1.807, 2.05) is 13.0 Å². The quantitative estimate of drug-likeness (QED) is 0.319. The van der Waals surface area contributed by atoms with Gasteiger partial charge in [0.25, 0.3) is 5.56 Å². The Bertz CT molecular complexity index is 1540. The first-order chi connectivity index (χ1) is 17.9. The Morgan fingerprint density at radius 2 is 1.76 bits per heavy atom. The topological polar surface area (TPSA) is 111 Å². The molecule has 2 N–H and O–H groups in total. The van der Waals surface area contributed by atoms with Crippen LogP contribution in [0.5, 0.6) is 5.75 Å². The zero-order valence-electron chi connectivity index (χ0n) is 20.0. The third kappa shape index (κ3) is 6.28. The maximum absolute atomic E-state index is 13.2. The van der Waals surface area contributed by atoms with Gasteiger partial charge in [0.1, 0.15) is 17.0 Å². The van der Waals surface area contributed by atoms with Crippen molar-refractivity contribution in [1.82, 2.24) is 14.5 Å². The van der Waals surface area contributed by atoms with Gasteiger partial charge in [-0.15, -0.1) is 11.3 Å². The van der Waals surface area contributed by atoms with Gasteiger partial charge in [0.05, 0.1) is 12.1 Å². The molecule has 4 aromatic rings. The number of nitrogens with one attached hydrogen (secondary N) is 2. The van der Waals surface area contributed by atoms with E-state index in [0.717, 1.165) is 10.1 Å². The number of hydrogen-bond acceptors (Lipinski definition) is 6. The van der Waals surface area contributed by atoms with E-state index in [9.17, 15) is 19.2 Å². The normalized spacial score (nSPS) is 10.9. The molecular formula is C26H25ClN4O5S. The number of ether oxygens (including phenoxy) is 1. The van der Waals surface area contributed by atoms with Gasteiger partial charge in [-0.2, -0.15) is 0 Å². The molecule has 4 rings (SSSR count). The third-order valence-electron chi connectivity index (χ3n) is 5.58. The van der Waals surface area contributed by atoms with Gasteiger partial charge in [-0.1, -0.05) is 29.8 Å². The predicted octanol–water partition coefficient (Wildman–Crippen LogP) is 3.62. The van der Waals surface area contributed by atoms with Crippen LogP contribution in [0.1, 0.15) is 18.9 Å². The minimum Gasteiger partial charge on any atom is -0.494 e. The number of rotatable bonds is 10. The minimum absolute atomic E-state index is 0.0884. The van der Waals surface area contributed by atoms with Crippen molar-refractivity contribution in [2.24, 2.45) is 0 Å². The second-order valence-electron chi connectivity index (χ2n) is 8.08. The molecular weight excluding hydrogens is 516 g/mol. The Morgan fingerprint density at radius 3 is 2.49 bits per heavy atom. The van der Waals surface area contributed by atoms with E-state index >= 15 is 0 Å². The molecule has 2 amide bonds. The van der Waals surface area contributed by atoms with Crippen LogP contribution in [0.4, 0.5) is 5.69 Å². The fourth-order valence-electron chi connectivity index (χ4n) is 3.77. The molecule has 0 spiro atoms. The first-order valence-electron chi connectivity index (χ1n) is 11.6. The highest BCUT2D eigenvalue weighted by atomic mass is 35.5. The predicted molar refractivity (Wildman–Crippen MR) is 145 cm³/mol. The minimum atomic E-state index is -0.656. The average Bonchev–Trinajstić information content (AvgIpc) is 3.38. The Kier molecular flexibility index (Phi) is 8.42. The molecule has 0 unspecified atom stereocenters. The highest BCUT2D eigenvalue weighted by molar-refractivity contribution is 7.17. The van der Waals surface area contributed by atoms with Crippen LogP contribution in [0.25, 0.3) is 10.2 Å². The summed E-state index contributed by atoms with van der Waals surface area (Å²) in [5.74, 6) is -0.0848. The first-order valence-corrected chi connectivity index (χ1v) is 12.9. The van der Waals surface area contributed by atoms with Crippen LogP contribution < -0.4 is 26.6 Å². The van der Waals surface area contributed by atoms with Crippen molar-refractivity contribution in [2.45, 2.75) is 33.0 Å². The molecule has 0 aliphatic rings. The monoisotopic (exact) mass is 540 g/mol. The largest absolute Gasteiger partial charge is 0.494 e. The van der Waals surface area contributed by atoms with E-state index in [-0.39, 0.29) is 32.0 Å². The van der Waals surface area contributed by atoms with Crippen molar-refractivity contribution in [3.8, 4) is 5.75 Å². The Balaban J connectivity index is 1.48. The Morgan fingerprint density at radius 1 is 1.00 bits per heavy atom. The third-order valence-corrected chi connectivity index (χ3v) is 6.84. The van der Waals surface area contributed by atoms with Gasteiger partial charge in [-0.3, -0.25) is 23.5 Å². The van der Waals surface area contributed by atoms with Crippen LogP contribution in [0.2, 0.25) is 5.02 Å². The molecule has 0 saturated carbocycles. The summed E-state index contributed by atoms with van der Waals surface area (Å²) in [4.78, 5) is 51.4. The van der Waals surface area contributed by atoms with E-state index < -0.39 is 17.2 Å². The van der Waals surface area contributed by atoms with Crippen molar-refractivity contribution in [2.75, 3.05) is 11.9 Å². The number of halogens is 1. The summed E-state index contributed by atoms with van der Waals surface area (Å²) in [7, 11) is 0. The zero-order valence-corrected chi connectivity index (χ0v) is 21.6. The Hall–Kier alpha value is -3.89. The number of amides is 2. The fourth-order valence-corrected chi connectivity index (χ4v) is 4.81. The lowest BCUT2D eigenvalue weighted by atomic mass is 10.2. The molecule has 11 heteroatoms. The molecule has 2 aromatic heterocycles. The second kappa shape index (κ2) is 11.9. The van der Waals surface area contributed by atoms with Crippen molar-refractivity contribution >= 4 is 50.7 Å². The molecule has 37 heavy (non-hydrogen) atoms. The molecule has 0 aliphatic heterocycles. The molecule has 0 radical (unpaired) electrons. The van der Waals surface area contributed by atoms with E-state index in [4.69, 9.17) is 16.3 Å². The molecule has 9 nitrogen and oxygen atoms in total. The smallest absolute Gasteiger partial charge is 0.332 e. The van der Waals surface area contributed by atoms with E-state index in [1.54, 1.807) is 53.9 Å². The highest BCUT2D eigenvalue weighted by Crippen LogP contribution is 2.18. The summed E-state index contributed by atoms with van der Waals surface area (Å²) in [6, 6.07) is 15.7. The summed E-state index contributed by atoms with van der Waals surface area (Å²) in [6.45, 7) is 2.22. The number of benzene rings is 2. The lowest BCUT2D eigenvalue weighted by Gasteiger charge is -2.13. The van der Waals surface area contributed by atoms with Gasteiger partial charge in [0, 0.05) is 30.2 Å². The number of fused-ring (bicyclic) bond motifs is 1. The summed E-state index contributed by atoms with van der Waals surface area (Å²) >= 11 is 7.30. The lowest BCUT2D eigenvalue weighted by Crippen LogP contribution is -2.42. The van der Waals surface area contributed by atoms with Crippen LogP contribution in [0.15, 0.2) is 69.6 Å². The first kappa shape index (κ1) is 26.2. The van der Waals surface area contributed by atoms with Gasteiger partial charge in [-0.05, 0) is 54.3 Å². The van der Waals surface area contributed by atoms with Gasteiger partial charge < -0.3 is 15.4 Å². The van der Waals surface area contributed by atoms with Gasteiger partial charge >= 0.3 is 5.69 Å². The Labute approximate surface area is 221 Å². The molecule has 0 aliphatic carbocycles.